The zero-order valence-electron chi connectivity index (χ0n) is 16.6. The van der Waals surface area contributed by atoms with E-state index in [1.165, 1.54) is 30.0 Å². The van der Waals surface area contributed by atoms with Crippen LogP contribution < -0.4 is 5.32 Å². The number of benzene rings is 1. The van der Waals surface area contributed by atoms with Crippen molar-refractivity contribution in [2.45, 2.75) is 63.1 Å². The third-order valence-electron chi connectivity index (χ3n) is 6.49. The largest absolute Gasteiger partial charge is 0.373 e. The third-order valence-corrected chi connectivity index (χ3v) is 8.34. The van der Waals surface area contributed by atoms with Crippen molar-refractivity contribution in [2.24, 2.45) is 17.8 Å². The number of carbonyl (C=O) groups is 1. The predicted octanol–water partition coefficient (Wildman–Crippen LogP) is 3.25. The van der Waals surface area contributed by atoms with Gasteiger partial charge in [-0.15, -0.1) is 0 Å². The average Bonchev–Trinajstić information content (AvgIpc) is 3.24. The first-order valence-electron chi connectivity index (χ1n) is 10.4. The molecule has 2 aliphatic carbocycles. The predicted molar refractivity (Wildman–Crippen MR) is 107 cm³/mol. The first kappa shape index (κ1) is 19.9. The Hall–Kier alpha value is -1.44. The number of sulfonamides is 1. The van der Waals surface area contributed by atoms with Crippen LogP contribution in [0.1, 0.15) is 46.0 Å². The minimum atomic E-state index is -3.56. The van der Waals surface area contributed by atoms with Gasteiger partial charge in [0.05, 0.1) is 17.1 Å². The number of morpholine rings is 1. The molecule has 1 saturated heterocycles. The molecule has 7 heteroatoms. The fourth-order valence-electron chi connectivity index (χ4n) is 5.26. The van der Waals surface area contributed by atoms with E-state index in [9.17, 15) is 13.2 Å². The molecule has 1 amide bonds. The highest BCUT2D eigenvalue weighted by Crippen LogP contribution is 2.49. The molecule has 3 aliphatic rings. The van der Waals surface area contributed by atoms with E-state index in [0.29, 0.717) is 31.1 Å². The minimum absolute atomic E-state index is 0.0315. The van der Waals surface area contributed by atoms with Crippen LogP contribution in [0.25, 0.3) is 0 Å². The van der Waals surface area contributed by atoms with E-state index in [-0.39, 0.29) is 23.0 Å². The van der Waals surface area contributed by atoms with Crippen molar-refractivity contribution in [3.05, 3.63) is 24.3 Å². The summed E-state index contributed by atoms with van der Waals surface area (Å²) in [6.45, 7) is 4.48. The summed E-state index contributed by atoms with van der Waals surface area (Å²) in [5.74, 6) is 2.10. The van der Waals surface area contributed by atoms with Crippen LogP contribution in [-0.2, 0) is 19.6 Å². The minimum Gasteiger partial charge on any atom is -0.373 e. The van der Waals surface area contributed by atoms with Gasteiger partial charge in [0.1, 0.15) is 0 Å². The Bertz CT molecular complexity index is 813. The number of hydrogen-bond acceptors (Lipinski definition) is 4. The summed E-state index contributed by atoms with van der Waals surface area (Å²) < 4.78 is 32.9. The molecule has 5 atom stereocenters. The average molecular weight is 407 g/mol. The lowest BCUT2D eigenvalue weighted by Crippen LogP contribution is -2.48. The van der Waals surface area contributed by atoms with Crippen LogP contribution in [0, 0.1) is 17.8 Å². The summed E-state index contributed by atoms with van der Waals surface area (Å²) in [6, 6.07) is 6.51. The van der Waals surface area contributed by atoms with Gasteiger partial charge in [-0.05, 0) is 75.1 Å². The Kier molecular flexibility index (Phi) is 5.51. The van der Waals surface area contributed by atoms with Crippen molar-refractivity contribution >= 4 is 21.6 Å². The topological polar surface area (TPSA) is 75.7 Å². The standard InChI is InChI=1S/C21H30N2O4S/c1-14-12-23(13-15(2)27-14)28(25,26)20-7-5-19(6-8-20)22-21(24)11-18-10-16-3-4-17(18)9-16/h5-8,14-18H,3-4,9-13H2,1-2H3,(H,22,24)/t14-,15-,16+,17+,18-/m1/s1. The lowest BCUT2D eigenvalue weighted by Gasteiger charge is -2.34. The maximum absolute atomic E-state index is 12.9. The van der Waals surface area contributed by atoms with Crippen LogP contribution in [0.5, 0.6) is 0 Å². The molecule has 2 saturated carbocycles. The Labute approximate surface area is 167 Å². The van der Waals surface area contributed by atoms with Gasteiger partial charge in [-0.3, -0.25) is 4.79 Å². The van der Waals surface area contributed by atoms with E-state index in [0.717, 1.165) is 11.8 Å². The first-order chi connectivity index (χ1) is 13.3. The van der Waals surface area contributed by atoms with Crippen LogP contribution in [-0.4, -0.2) is 43.9 Å². The van der Waals surface area contributed by atoms with E-state index < -0.39 is 10.0 Å². The molecular formula is C21H30N2O4S. The number of ether oxygens (including phenoxy) is 1. The number of anilines is 1. The highest BCUT2D eigenvalue weighted by atomic mass is 32.2. The fourth-order valence-corrected chi connectivity index (χ4v) is 6.85. The van der Waals surface area contributed by atoms with E-state index in [4.69, 9.17) is 4.74 Å². The highest BCUT2D eigenvalue weighted by Gasteiger charge is 2.40. The van der Waals surface area contributed by atoms with Gasteiger partial charge in [0.2, 0.25) is 15.9 Å². The van der Waals surface area contributed by atoms with Crippen molar-refractivity contribution in [1.82, 2.24) is 4.31 Å². The maximum atomic E-state index is 12.9. The van der Waals surface area contributed by atoms with Crippen molar-refractivity contribution < 1.29 is 17.9 Å². The summed E-state index contributed by atoms with van der Waals surface area (Å²) in [6.07, 6.45) is 5.42. The number of fused-ring (bicyclic) bond motifs is 2. The quantitative estimate of drug-likeness (QED) is 0.814. The number of hydrogen-bond donors (Lipinski definition) is 1. The van der Waals surface area contributed by atoms with Gasteiger partial charge in [-0.2, -0.15) is 4.31 Å². The van der Waals surface area contributed by atoms with Crippen molar-refractivity contribution in [3.63, 3.8) is 0 Å². The zero-order valence-corrected chi connectivity index (χ0v) is 17.5. The second-order valence-corrected chi connectivity index (χ2v) is 10.7. The summed E-state index contributed by atoms with van der Waals surface area (Å²) in [5.41, 5.74) is 0.649. The molecule has 0 radical (unpaired) electrons. The molecule has 1 heterocycles. The number of nitrogens with zero attached hydrogens (tertiary/aromatic N) is 1. The Morgan fingerprint density at radius 1 is 1.11 bits per heavy atom. The molecule has 3 fully saturated rings. The summed E-state index contributed by atoms with van der Waals surface area (Å²) in [5, 5.41) is 2.93. The Morgan fingerprint density at radius 3 is 2.36 bits per heavy atom. The van der Waals surface area contributed by atoms with Gasteiger partial charge >= 0.3 is 0 Å². The molecule has 154 valence electrons. The summed E-state index contributed by atoms with van der Waals surface area (Å²) in [4.78, 5) is 12.6. The highest BCUT2D eigenvalue weighted by molar-refractivity contribution is 7.89. The normalized spacial score (nSPS) is 33.1. The van der Waals surface area contributed by atoms with E-state index in [2.05, 4.69) is 5.32 Å². The van der Waals surface area contributed by atoms with Crippen molar-refractivity contribution in [2.75, 3.05) is 18.4 Å². The molecule has 4 rings (SSSR count). The van der Waals surface area contributed by atoms with Crippen molar-refractivity contribution in [1.29, 1.82) is 0 Å². The molecule has 28 heavy (non-hydrogen) atoms. The monoisotopic (exact) mass is 406 g/mol. The summed E-state index contributed by atoms with van der Waals surface area (Å²) in [7, 11) is -3.56. The number of carbonyl (C=O) groups excluding carboxylic acids is 1. The molecule has 2 bridgehead atoms. The van der Waals surface area contributed by atoms with Gasteiger partial charge in [0, 0.05) is 25.2 Å². The van der Waals surface area contributed by atoms with Crippen LogP contribution in [0.4, 0.5) is 5.69 Å². The SMILES string of the molecule is C[C@@H]1CN(S(=O)(=O)c2ccc(NC(=O)C[C@H]3C[C@H]4CC[C@H]3C4)cc2)C[C@@H](C)O1. The fraction of sp³-hybridized carbons (Fsp3) is 0.667. The zero-order chi connectivity index (χ0) is 19.9. The van der Waals surface area contributed by atoms with Gasteiger partial charge < -0.3 is 10.1 Å². The number of rotatable bonds is 5. The molecule has 1 aromatic carbocycles. The van der Waals surface area contributed by atoms with Crippen LogP contribution >= 0.6 is 0 Å². The van der Waals surface area contributed by atoms with E-state index in [1.807, 2.05) is 13.8 Å². The summed E-state index contributed by atoms with van der Waals surface area (Å²) >= 11 is 0. The van der Waals surface area contributed by atoms with Crippen molar-refractivity contribution in [3.8, 4) is 0 Å². The third kappa shape index (κ3) is 4.11. The molecular weight excluding hydrogens is 376 g/mol. The molecule has 0 unspecified atom stereocenters. The van der Waals surface area contributed by atoms with Gasteiger partial charge in [-0.1, -0.05) is 6.42 Å². The lowest BCUT2D eigenvalue weighted by molar-refractivity contribution is -0.117. The van der Waals surface area contributed by atoms with Crippen LogP contribution in [0.15, 0.2) is 29.2 Å². The Balaban J connectivity index is 1.37. The smallest absolute Gasteiger partial charge is 0.243 e. The maximum Gasteiger partial charge on any atom is 0.243 e. The number of nitrogens with one attached hydrogen (secondary N) is 1. The van der Waals surface area contributed by atoms with Gasteiger partial charge in [-0.25, -0.2) is 8.42 Å². The molecule has 0 aromatic heterocycles. The second-order valence-electron chi connectivity index (χ2n) is 8.79. The molecule has 1 N–H and O–H groups in total. The lowest BCUT2D eigenvalue weighted by atomic mass is 9.86. The second kappa shape index (κ2) is 7.76. The van der Waals surface area contributed by atoms with E-state index >= 15 is 0 Å². The molecule has 0 spiro atoms. The van der Waals surface area contributed by atoms with Crippen LogP contribution in [0.3, 0.4) is 0 Å². The van der Waals surface area contributed by atoms with E-state index in [1.54, 1.807) is 24.3 Å². The van der Waals surface area contributed by atoms with Crippen LogP contribution in [0.2, 0.25) is 0 Å². The van der Waals surface area contributed by atoms with Gasteiger partial charge in [0.25, 0.3) is 0 Å². The Morgan fingerprint density at radius 2 is 1.79 bits per heavy atom. The molecule has 1 aromatic rings. The number of amides is 1. The molecule has 1 aliphatic heterocycles. The van der Waals surface area contributed by atoms with Gasteiger partial charge in [0.15, 0.2) is 0 Å². The first-order valence-corrected chi connectivity index (χ1v) is 11.8. The molecule has 6 nitrogen and oxygen atoms in total.